The summed E-state index contributed by atoms with van der Waals surface area (Å²) in [7, 11) is 2.10. The van der Waals surface area contributed by atoms with Crippen LogP contribution in [0.5, 0.6) is 0 Å². The lowest BCUT2D eigenvalue weighted by atomic mass is 10.1. The molecule has 106 valence electrons. The second-order valence-electron chi connectivity index (χ2n) is 5.35. The topological polar surface area (TPSA) is 45.6 Å². The first-order valence-corrected chi connectivity index (χ1v) is 7.04. The van der Waals surface area contributed by atoms with Crippen LogP contribution >= 0.6 is 0 Å². The Bertz CT molecular complexity index is 614. The van der Waals surface area contributed by atoms with Gasteiger partial charge >= 0.3 is 0 Å². The number of likely N-dealkylation sites (N-methyl/N-ethyl adjacent to an activating group) is 1. The minimum Gasteiger partial charge on any atom is -0.390 e. The number of aliphatic hydroxyl groups excluding tert-OH is 1. The van der Waals surface area contributed by atoms with Crippen molar-refractivity contribution >= 4 is 16.6 Å². The fourth-order valence-electron chi connectivity index (χ4n) is 2.99. The van der Waals surface area contributed by atoms with Gasteiger partial charge in [-0.1, -0.05) is 18.2 Å². The van der Waals surface area contributed by atoms with Crippen LogP contribution in [-0.4, -0.2) is 35.9 Å². The number of pyridine rings is 1. The van der Waals surface area contributed by atoms with Gasteiger partial charge in [-0.25, -0.2) is 0 Å². The third-order valence-electron chi connectivity index (χ3n) is 4.12. The normalized spacial score (nSPS) is 22.4. The maximum Gasteiger partial charge on any atom is 0.0854 e. The molecule has 0 aliphatic carbocycles. The van der Waals surface area contributed by atoms with E-state index in [4.69, 9.17) is 4.74 Å². The fraction of sp³-hybridized carbons (Fsp3) is 0.438. The molecule has 2 unspecified atom stereocenters. The second kappa shape index (κ2) is 5.38. The number of benzene rings is 1. The summed E-state index contributed by atoms with van der Waals surface area (Å²) in [6.07, 6.45) is 1.26. The van der Waals surface area contributed by atoms with Crippen LogP contribution in [0, 0.1) is 0 Å². The van der Waals surface area contributed by atoms with E-state index in [1.54, 1.807) is 0 Å². The predicted octanol–water partition coefficient (Wildman–Crippen LogP) is 2.34. The molecular formula is C16H20N2O2. The van der Waals surface area contributed by atoms with E-state index in [1.165, 1.54) is 0 Å². The molecule has 1 aromatic heterocycles. The first kappa shape index (κ1) is 13.3. The van der Waals surface area contributed by atoms with Crippen molar-refractivity contribution in [2.24, 2.45) is 0 Å². The lowest BCUT2D eigenvalue weighted by molar-refractivity contribution is 0.118. The van der Waals surface area contributed by atoms with E-state index in [0.717, 1.165) is 29.6 Å². The molecule has 1 aromatic carbocycles. The molecule has 4 heteroatoms. The Morgan fingerprint density at radius 1 is 1.40 bits per heavy atom. The van der Waals surface area contributed by atoms with Crippen molar-refractivity contribution in [3.63, 3.8) is 0 Å². The van der Waals surface area contributed by atoms with Gasteiger partial charge in [0.2, 0.25) is 0 Å². The quantitative estimate of drug-likeness (QED) is 0.931. The number of anilines is 1. The Morgan fingerprint density at radius 2 is 2.20 bits per heavy atom. The average Bonchev–Trinajstić information content (AvgIpc) is 2.91. The Labute approximate surface area is 119 Å². The van der Waals surface area contributed by atoms with E-state index >= 15 is 0 Å². The number of ether oxygens (including phenoxy) is 1. The first-order valence-electron chi connectivity index (χ1n) is 7.04. The summed E-state index contributed by atoms with van der Waals surface area (Å²) in [4.78, 5) is 6.74. The highest BCUT2D eigenvalue weighted by atomic mass is 16.5. The number of aromatic nitrogens is 1. The third kappa shape index (κ3) is 2.25. The summed E-state index contributed by atoms with van der Waals surface area (Å²) >= 11 is 0. The molecule has 0 saturated carbocycles. The van der Waals surface area contributed by atoms with Crippen molar-refractivity contribution in [3.8, 4) is 0 Å². The lowest BCUT2D eigenvalue weighted by Crippen LogP contribution is -2.37. The number of aliphatic hydroxyl groups is 1. The highest BCUT2D eigenvalue weighted by molar-refractivity contribution is 5.92. The number of hydrogen-bond donors (Lipinski definition) is 1. The van der Waals surface area contributed by atoms with Gasteiger partial charge in [0.15, 0.2) is 0 Å². The number of hydrogen-bond acceptors (Lipinski definition) is 4. The summed E-state index contributed by atoms with van der Waals surface area (Å²) in [6, 6.07) is 10.4. The van der Waals surface area contributed by atoms with Crippen molar-refractivity contribution in [2.75, 3.05) is 18.6 Å². The SMILES string of the molecule is CC1OCCC1N(C)c1cc(CO)nc2ccccc12. The summed E-state index contributed by atoms with van der Waals surface area (Å²) in [5, 5.41) is 10.5. The van der Waals surface area contributed by atoms with E-state index in [0.29, 0.717) is 11.7 Å². The molecule has 1 fully saturated rings. The molecule has 0 spiro atoms. The molecule has 3 rings (SSSR count). The lowest BCUT2D eigenvalue weighted by Gasteiger charge is -2.30. The fourth-order valence-corrected chi connectivity index (χ4v) is 2.99. The minimum absolute atomic E-state index is 0.0393. The van der Waals surface area contributed by atoms with Crippen LogP contribution in [0.25, 0.3) is 10.9 Å². The van der Waals surface area contributed by atoms with Crippen LogP contribution in [0.3, 0.4) is 0 Å². The van der Waals surface area contributed by atoms with Crippen molar-refractivity contribution in [2.45, 2.75) is 32.1 Å². The molecule has 0 radical (unpaired) electrons. The maximum atomic E-state index is 9.41. The van der Waals surface area contributed by atoms with Gasteiger partial charge in [-0.15, -0.1) is 0 Å². The highest BCUT2D eigenvalue weighted by Gasteiger charge is 2.29. The van der Waals surface area contributed by atoms with Crippen LogP contribution < -0.4 is 4.90 Å². The zero-order valence-corrected chi connectivity index (χ0v) is 11.9. The zero-order valence-electron chi connectivity index (χ0n) is 11.9. The highest BCUT2D eigenvalue weighted by Crippen LogP contribution is 2.30. The van der Waals surface area contributed by atoms with E-state index in [2.05, 4.69) is 29.9 Å². The Balaban J connectivity index is 2.09. The molecule has 1 aliphatic rings. The molecule has 2 heterocycles. The number of nitrogens with zero attached hydrogens (tertiary/aromatic N) is 2. The third-order valence-corrected chi connectivity index (χ3v) is 4.12. The van der Waals surface area contributed by atoms with Crippen LogP contribution in [0.1, 0.15) is 19.0 Å². The Morgan fingerprint density at radius 3 is 2.90 bits per heavy atom. The molecule has 2 aromatic rings. The number of fused-ring (bicyclic) bond motifs is 1. The summed E-state index contributed by atoms with van der Waals surface area (Å²) < 4.78 is 5.67. The predicted molar refractivity (Wildman–Crippen MR) is 79.9 cm³/mol. The van der Waals surface area contributed by atoms with Crippen molar-refractivity contribution in [1.29, 1.82) is 0 Å². The Hall–Kier alpha value is -1.65. The van der Waals surface area contributed by atoms with Gasteiger partial charge in [0, 0.05) is 24.7 Å². The molecule has 20 heavy (non-hydrogen) atoms. The monoisotopic (exact) mass is 272 g/mol. The molecule has 0 bridgehead atoms. The van der Waals surface area contributed by atoms with Gasteiger partial charge in [-0.2, -0.15) is 0 Å². The minimum atomic E-state index is -0.0393. The zero-order chi connectivity index (χ0) is 14.1. The number of para-hydroxylation sites is 1. The van der Waals surface area contributed by atoms with E-state index in [-0.39, 0.29) is 12.7 Å². The average molecular weight is 272 g/mol. The van der Waals surface area contributed by atoms with Gasteiger partial charge in [0.1, 0.15) is 0 Å². The molecular weight excluding hydrogens is 252 g/mol. The van der Waals surface area contributed by atoms with Crippen molar-refractivity contribution < 1.29 is 9.84 Å². The smallest absolute Gasteiger partial charge is 0.0854 e. The van der Waals surface area contributed by atoms with Crippen LogP contribution in [0.2, 0.25) is 0 Å². The van der Waals surface area contributed by atoms with E-state index in [1.807, 2.05) is 24.3 Å². The van der Waals surface area contributed by atoms with Crippen molar-refractivity contribution in [3.05, 3.63) is 36.0 Å². The van der Waals surface area contributed by atoms with Crippen molar-refractivity contribution in [1.82, 2.24) is 4.98 Å². The van der Waals surface area contributed by atoms with Gasteiger partial charge in [-0.3, -0.25) is 4.98 Å². The molecule has 2 atom stereocenters. The summed E-state index contributed by atoms with van der Waals surface area (Å²) in [5.74, 6) is 0. The van der Waals surface area contributed by atoms with Crippen LogP contribution in [0.15, 0.2) is 30.3 Å². The molecule has 1 aliphatic heterocycles. The molecule has 0 amide bonds. The number of rotatable bonds is 3. The maximum absolute atomic E-state index is 9.41. The van der Waals surface area contributed by atoms with Crippen LogP contribution in [0.4, 0.5) is 5.69 Å². The van der Waals surface area contributed by atoms with Gasteiger partial charge in [0.25, 0.3) is 0 Å². The molecule has 1 N–H and O–H groups in total. The van der Waals surface area contributed by atoms with Gasteiger partial charge < -0.3 is 14.7 Å². The summed E-state index contributed by atoms with van der Waals surface area (Å²) in [5.41, 5.74) is 2.74. The Kier molecular flexibility index (Phi) is 3.59. The molecule has 4 nitrogen and oxygen atoms in total. The second-order valence-corrected chi connectivity index (χ2v) is 5.35. The molecule has 1 saturated heterocycles. The van der Waals surface area contributed by atoms with Gasteiger partial charge in [-0.05, 0) is 25.5 Å². The van der Waals surface area contributed by atoms with E-state index < -0.39 is 0 Å². The first-order chi connectivity index (χ1) is 9.70. The van der Waals surface area contributed by atoms with E-state index in [9.17, 15) is 5.11 Å². The van der Waals surface area contributed by atoms with Crippen LogP contribution in [-0.2, 0) is 11.3 Å². The largest absolute Gasteiger partial charge is 0.390 e. The summed E-state index contributed by atoms with van der Waals surface area (Å²) in [6.45, 7) is 2.89. The standard InChI is InChI=1S/C16H20N2O2/c1-11-15(7-8-20-11)18(2)16-9-12(10-19)17-14-6-4-3-5-13(14)16/h3-6,9,11,15,19H,7-8,10H2,1-2H3. The van der Waals surface area contributed by atoms with Gasteiger partial charge in [0.05, 0.1) is 30.0 Å².